The van der Waals surface area contributed by atoms with Gasteiger partial charge in [-0.1, -0.05) is 6.08 Å². The summed E-state index contributed by atoms with van der Waals surface area (Å²) < 4.78 is 0. The predicted molar refractivity (Wildman–Crippen MR) is 63.0 cm³/mol. The molecule has 0 amide bonds. The van der Waals surface area contributed by atoms with Crippen LogP contribution in [0.15, 0.2) is 49.2 Å². The summed E-state index contributed by atoms with van der Waals surface area (Å²) in [5.41, 5.74) is 1.83. The minimum Gasteiger partial charge on any atom is -0.508 e. The van der Waals surface area contributed by atoms with Gasteiger partial charge in [-0.3, -0.25) is 0 Å². The van der Waals surface area contributed by atoms with Crippen LogP contribution in [0.4, 0.5) is 0 Å². The van der Waals surface area contributed by atoms with E-state index >= 15 is 0 Å². The number of nitrogens with zero attached hydrogens (tertiary/aromatic N) is 2. The monoisotopic (exact) mass is 212 g/mol. The van der Waals surface area contributed by atoms with E-state index < -0.39 is 0 Å². The number of hydrogen-bond acceptors (Lipinski definition) is 3. The van der Waals surface area contributed by atoms with Crippen molar-refractivity contribution in [2.24, 2.45) is 0 Å². The van der Waals surface area contributed by atoms with Crippen LogP contribution in [0.5, 0.6) is 5.75 Å². The third kappa shape index (κ3) is 2.25. The third-order valence-corrected chi connectivity index (χ3v) is 2.19. The summed E-state index contributed by atoms with van der Waals surface area (Å²) in [7, 11) is 0. The minimum absolute atomic E-state index is 0.242. The molecule has 0 saturated carbocycles. The molecule has 1 aromatic heterocycles. The molecule has 16 heavy (non-hydrogen) atoms. The van der Waals surface area contributed by atoms with Gasteiger partial charge in [0.15, 0.2) is 5.82 Å². The number of allylic oxidation sites excluding steroid dienone is 1. The van der Waals surface area contributed by atoms with Crippen molar-refractivity contribution >= 4 is 0 Å². The van der Waals surface area contributed by atoms with Crippen molar-refractivity contribution in [2.45, 2.75) is 6.42 Å². The van der Waals surface area contributed by atoms with Crippen LogP contribution >= 0.6 is 0 Å². The van der Waals surface area contributed by atoms with Crippen LogP contribution in [0, 0.1) is 0 Å². The summed E-state index contributed by atoms with van der Waals surface area (Å²) in [6.07, 6.45) is 4.27. The molecule has 2 aromatic rings. The summed E-state index contributed by atoms with van der Waals surface area (Å²) in [6, 6.07) is 8.70. The molecule has 0 unspecified atom stereocenters. The number of phenols is 1. The molecule has 3 nitrogen and oxygen atoms in total. The van der Waals surface area contributed by atoms with Crippen LogP contribution in [0.1, 0.15) is 5.69 Å². The van der Waals surface area contributed by atoms with Gasteiger partial charge in [0.2, 0.25) is 0 Å². The van der Waals surface area contributed by atoms with E-state index in [0.29, 0.717) is 5.82 Å². The molecule has 3 heteroatoms. The van der Waals surface area contributed by atoms with Crippen LogP contribution in [-0.2, 0) is 6.42 Å². The van der Waals surface area contributed by atoms with E-state index in [2.05, 4.69) is 16.5 Å². The van der Waals surface area contributed by atoms with Crippen molar-refractivity contribution in [3.05, 3.63) is 54.9 Å². The molecule has 0 atom stereocenters. The highest BCUT2D eigenvalue weighted by Gasteiger charge is 2.01. The molecule has 1 N–H and O–H groups in total. The first-order chi connectivity index (χ1) is 7.79. The maximum absolute atomic E-state index is 9.19. The molecule has 0 fully saturated rings. The van der Waals surface area contributed by atoms with Crippen molar-refractivity contribution in [3.63, 3.8) is 0 Å². The number of rotatable bonds is 3. The first-order valence-electron chi connectivity index (χ1n) is 5.02. The summed E-state index contributed by atoms with van der Waals surface area (Å²) in [5.74, 6) is 0.908. The molecule has 0 aliphatic heterocycles. The van der Waals surface area contributed by atoms with E-state index in [-0.39, 0.29) is 5.75 Å². The second-order valence-electron chi connectivity index (χ2n) is 3.41. The standard InChI is InChI=1S/C13H12N2O/c1-2-3-11-8-9-14-13(15-11)10-4-6-12(16)7-5-10/h2,4-9,16H,1,3H2. The van der Waals surface area contributed by atoms with Crippen molar-refractivity contribution in [3.8, 4) is 17.1 Å². The highest BCUT2D eigenvalue weighted by atomic mass is 16.3. The van der Waals surface area contributed by atoms with E-state index in [1.165, 1.54) is 0 Å². The van der Waals surface area contributed by atoms with Crippen molar-refractivity contribution in [1.29, 1.82) is 0 Å². The molecule has 0 aliphatic carbocycles. The predicted octanol–water partition coefficient (Wildman–Crippen LogP) is 2.58. The second kappa shape index (κ2) is 4.57. The lowest BCUT2D eigenvalue weighted by Gasteiger charge is -2.02. The molecule has 2 rings (SSSR count). The fourth-order valence-corrected chi connectivity index (χ4v) is 1.41. The average molecular weight is 212 g/mol. The van der Waals surface area contributed by atoms with E-state index in [4.69, 9.17) is 0 Å². The van der Waals surface area contributed by atoms with Gasteiger partial charge >= 0.3 is 0 Å². The lowest BCUT2D eigenvalue weighted by molar-refractivity contribution is 0.475. The summed E-state index contributed by atoms with van der Waals surface area (Å²) in [5, 5.41) is 9.19. The van der Waals surface area contributed by atoms with Gasteiger partial charge in [-0.25, -0.2) is 9.97 Å². The largest absolute Gasteiger partial charge is 0.508 e. The zero-order chi connectivity index (χ0) is 11.4. The first kappa shape index (κ1) is 10.4. The first-order valence-corrected chi connectivity index (χ1v) is 5.02. The van der Waals surface area contributed by atoms with Gasteiger partial charge in [0, 0.05) is 23.9 Å². The number of hydrogen-bond donors (Lipinski definition) is 1. The fraction of sp³-hybridized carbons (Fsp3) is 0.0769. The lowest BCUT2D eigenvalue weighted by atomic mass is 10.2. The van der Waals surface area contributed by atoms with E-state index in [1.807, 2.05) is 12.1 Å². The number of aromatic nitrogens is 2. The smallest absolute Gasteiger partial charge is 0.159 e. The SMILES string of the molecule is C=CCc1ccnc(-c2ccc(O)cc2)n1. The molecule has 1 heterocycles. The molecular weight excluding hydrogens is 200 g/mol. The van der Waals surface area contributed by atoms with Crippen LogP contribution in [0.3, 0.4) is 0 Å². The summed E-state index contributed by atoms with van der Waals surface area (Å²) >= 11 is 0. The Balaban J connectivity index is 2.36. The van der Waals surface area contributed by atoms with Crippen LogP contribution in [0.25, 0.3) is 11.4 Å². The van der Waals surface area contributed by atoms with Gasteiger partial charge in [0.1, 0.15) is 5.75 Å². The van der Waals surface area contributed by atoms with Crippen molar-refractivity contribution in [1.82, 2.24) is 9.97 Å². The molecule has 1 aromatic carbocycles. The highest BCUT2D eigenvalue weighted by Crippen LogP contribution is 2.18. The second-order valence-corrected chi connectivity index (χ2v) is 3.41. The summed E-state index contributed by atoms with van der Waals surface area (Å²) in [6.45, 7) is 3.68. The Morgan fingerprint density at radius 1 is 1.19 bits per heavy atom. The molecule has 80 valence electrons. The lowest BCUT2D eigenvalue weighted by Crippen LogP contribution is -1.93. The zero-order valence-corrected chi connectivity index (χ0v) is 8.80. The quantitative estimate of drug-likeness (QED) is 0.795. The van der Waals surface area contributed by atoms with Crippen molar-refractivity contribution < 1.29 is 5.11 Å². The van der Waals surface area contributed by atoms with E-state index in [1.54, 1.807) is 30.5 Å². The Bertz CT molecular complexity index is 492. The Labute approximate surface area is 94.1 Å². The van der Waals surface area contributed by atoms with E-state index in [9.17, 15) is 5.11 Å². The number of aromatic hydroxyl groups is 1. The Morgan fingerprint density at radius 3 is 2.62 bits per heavy atom. The maximum Gasteiger partial charge on any atom is 0.159 e. The van der Waals surface area contributed by atoms with E-state index in [0.717, 1.165) is 17.7 Å². The van der Waals surface area contributed by atoms with Gasteiger partial charge in [-0.05, 0) is 30.3 Å². The molecule has 0 spiro atoms. The topological polar surface area (TPSA) is 46.0 Å². The van der Waals surface area contributed by atoms with Gasteiger partial charge in [0.25, 0.3) is 0 Å². The van der Waals surface area contributed by atoms with Crippen LogP contribution < -0.4 is 0 Å². The third-order valence-electron chi connectivity index (χ3n) is 2.19. The van der Waals surface area contributed by atoms with Crippen LogP contribution in [0.2, 0.25) is 0 Å². The molecule has 0 bridgehead atoms. The molecule has 0 aliphatic rings. The molecule has 0 saturated heterocycles. The highest BCUT2D eigenvalue weighted by molar-refractivity contribution is 5.55. The van der Waals surface area contributed by atoms with Gasteiger partial charge < -0.3 is 5.11 Å². The van der Waals surface area contributed by atoms with Crippen molar-refractivity contribution in [2.75, 3.05) is 0 Å². The molecule has 0 radical (unpaired) electrons. The van der Waals surface area contributed by atoms with Crippen LogP contribution in [-0.4, -0.2) is 15.1 Å². The Morgan fingerprint density at radius 2 is 1.94 bits per heavy atom. The molecular formula is C13H12N2O. The fourth-order valence-electron chi connectivity index (χ4n) is 1.41. The number of benzene rings is 1. The maximum atomic E-state index is 9.19. The number of phenolic OH excluding ortho intramolecular Hbond substituents is 1. The van der Waals surface area contributed by atoms with Gasteiger partial charge in [-0.2, -0.15) is 0 Å². The summed E-state index contributed by atoms with van der Waals surface area (Å²) in [4.78, 5) is 8.59. The van der Waals surface area contributed by atoms with Gasteiger partial charge in [-0.15, -0.1) is 6.58 Å². The average Bonchev–Trinajstić information content (AvgIpc) is 2.31. The van der Waals surface area contributed by atoms with Gasteiger partial charge in [0.05, 0.1) is 0 Å². The Kier molecular flexibility index (Phi) is 2.96. The minimum atomic E-state index is 0.242. The zero-order valence-electron chi connectivity index (χ0n) is 8.80. The Hall–Kier alpha value is -2.16. The normalized spacial score (nSPS) is 10.0.